The minimum absolute atomic E-state index is 0.0226. The summed E-state index contributed by atoms with van der Waals surface area (Å²) in [6.07, 6.45) is 1.49. The molecule has 0 aromatic carbocycles. The van der Waals surface area contributed by atoms with Crippen molar-refractivity contribution in [3.05, 3.63) is 29.6 Å². The Morgan fingerprint density at radius 2 is 1.52 bits per heavy atom. The Morgan fingerprint density at radius 1 is 0.920 bits per heavy atom. The van der Waals surface area contributed by atoms with Crippen molar-refractivity contribution in [2.45, 2.75) is 6.92 Å². The number of pyridine rings is 1. The molecule has 0 bridgehead atoms. The van der Waals surface area contributed by atoms with E-state index in [4.69, 9.17) is 4.74 Å². The average Bonchev–Trinajstić information content (AvgIpc) is 2.67. The number of rotatable bonds is 2. The third kappa shape index (κ3) is 3.96. The van der Waals surface area contributed by atoms with Crippen LogP contribution in [-0.4, -0.2) is 89.9 Å². The maximum atomic E-state index is 12.7. The molecule has 25 heavy (non-hydrogen) atoms. The van der Waals surface area contributed by atoms with Gasteiger partial charge in [0.2, 0.25) is 5.91 Å². The van der Waals surface area contributed by atoms with Crippen molar-refractivity contribution in [1.82, 2.24) is 19.7 Å². The van der Waals surface area contributed by atoms with Gasteiger partial charge in [0.25, 0.3) is 11.8 Å². The van der Waals surface area contributed by atoms with Crippen molar-refractivity contribution in [3.8, 4) is 0 Å². The van der Waals surface area contributed by atoms with Crippen LogP contribution in [0.5, 0.6) is 0 Å². The quantitative estimate of drug-likeness (QED) is 0.744. The summed E-state index contributed by atoms with van der Waals surface area (Å²) in [5, 5.41) is 0. The molecule has 0 radical (unpaired) electrons. The lowest BCUT2D eigenvalue weighted by Crippen LogP contribution is -2.50. The topological polar surface area (TPSA) is 83.1 Å². The van der Waals surface area contributed by atoms with Crippen molar-refractivity contribution in [2.24, 2.45) is 0 Å². The monoisotopic (exact) mass is 346 g/mol. The van der Waals surface area contributed by atoms with Gasteiger partial charge >= 0.3 is 0 Å². The molecular formula is C17H22N4O4. The zero-order valence-electron chi connectivity index (χ0n) is 14.3. The molecule has 0 spiro atoms. The van der Waals surface area contributed by atoms with E-state index in [1.165, 1.54) is 13.1 Å². The molecule has 0 atom stereocenters. The molecular weight excluding hydrogens is 324 g/mol. The fraction of sp³-hybridized carbons (Fsp3) is 0.529. The molecule has 0 N–H and O–H groups in total. The first-order chi connectivity index (χ1) is 12.1. The Bertz CT molecular complexity index is 664. The van der Waals surface area contributed by atoms with Gasteiger partial charge in [0, 0.05) is 58.0 Å². The highest BCUT2D eigenvalue weighted by molar-refractivity contribution is 5.98. The number of nitrogens with zero attached hydrogens (tertiary/aromatic N) is 4. The van der Waals surface area contributed by atoms with E-state index in [0.717, 1.165) is 0 Å². The van der Waals surface area contributed by atoms with Crippen LogP contribution in [0.25, 0.3) is 0 Å². The Balaban J connectivity index is 1.67. The van der Waals surface area contributed by atoms with E-state index in [9.17, 15) is 14.4 Å². The predicted molar refractivity (Wildman–Crippen MR) is 89.1 cm³/mol. The maximum Gasteiger partial charge on any atom is 0.272 e. The molecule has 8 nitrogen and oxygen atoms in total. The van der Waals surface area contributed by atoms with Crippen molar-refractivity contribution >= 4 is 17.7 Å². The normalized spacial score (nSPS) is 18.2. The minimum atomic E-state index is -0.181. The van der Waals surface area contributed by atoms with Gasteiger partial charge in [-0.2, -0.15) is 0 Å². The Labute approximate surface area is 146 Å². The largest absolute Gasteiger partial charge is 0.378 e. The molecule has 0 unspecified atom stereocenters. The molecule has 2 aliphatic heterocycles. The summed E-state index contributed by atoms with van der Waals surface area (Å²) in [6.45, 7) is 5.69. The fourth-order valence-corrected chi connectivity index (χ4v) is 3.02. The number of ether oxygens (including phenoxy) is 1. The van der Waals surface area contributed by atoms with Crippen molar-refractivity contribution in [1.29, 1.82) is 0 Å². The highest BCUT2D eigenvalue weighted by Gasteiger charge is 2.25. The number of piperazine rings is 1. The van der Waals surface area contributed by atoms with Crippen LogP contribution in [0.15, 0.2) is 18.3 Å². The maximum absolute atomic E-state index is 12.7. The molecule has 2 aliphatic rings. The molecule has 1 aromatic heterocycles. The van der Waals surface area contributed by atoms with Crippen molar-refractivity contribution < 1.29 is 19.1 Å². The third-order valence-corrected chi connectivity index (χ3v) is 4.54. The number of hydrogen-bond acceptors (Lipinski definition) is 5. The molecule has 3 rings (SSSR count). The first kappa shape index (κ1) is 17.3. The molecule has 134 valence electrons. The Kier molecular flexibility index (Phi) is 5.28. The van der Waals surface area contributed by atoms with Crippen LogP contribution in [0.4, 0.5) is 0 Å². The number of carbonyl (C=O) groups excluding carboxylic acids is 3. The van der Waals surface area contributed by atoms with E-state index in [-0.39, 0.29) is 23.4 Å². The molecule has 8 heteroatoms. The summed E-state index contributed by atoms with van der Waals surface area (Å²) in [5.74, 6) is -0.296. The minimum Gasteiger partial charge on any atom is -0.378 e. The zero-order chi connectivity index (χ0) is 17.8. The van der Waals surface area contributed by atoms with E-state index in [1.807, 2.05) is 0 Å². The summed E-state index contributed by atoms with van der Waals surface area (Å²) >= 11 is 0. The van der Waals surface area contributed by atoms with Gasteiger partial charge < -0.3 is 19.4 Å². The number of morpholine rings is 1. The van der Waals surface area contributed by atoms with E-state index in [0.29, 0.717) is 58.0 Å². The summed E-state index contributed by atoms with van der Waals surface area (Å²) in [4.78, 5) is 45.8. The molecule has 0 aliphatic carbocycles. The van der Waals surface area contributed by atoms with Gasteiger partial charge in [-0.1, -0.05) is 0 Å². The second-order valence-corrected chi connectivity index (χ2v) is 6.13. The molecule has 2 saturated heterocycles. The van der Waals surface area contributed by atoms with Gasteiger partial charge in [-0.25, -0.2) is 0 Å². The van der Waals surface area contributed by atoms with Gasteiger partial charge in [0.15, 0.2) is 0 Å². The summed E-state index contributed by atoms with van der Waals surface area (Å²) in [5.41, 5.74) is 0.720. The Morgan fingerprint density at radius 3 is 2.16 bits per heavy atom. The van der Waals surface area contributed by atoms with E-state index < -0.39 is 0 Å². The standard InChI is InChI=1S/C17H22N4O4/c1-13(22)19-4-6-20(7-5-19)16(23)14-2-3-18-15(12-14)17(24)21-8-10-25-11-9-21/h2-3,12H,4-11H2,1H3. The second kappa shape index (κ2) is 7.60. The Hall–Kier alpha value is -2.48. The fourth-order valence-electron chi connectivity index (χ4n) is 3.02. The van der Waals surface area contributed by atoms with E-state index in [2.05, 4.69) is 4.98 Å². The lowest BCUT2D eigenvalue weighted by molar-refractivity contribution is -0.130. The molecule has 3 amide bonds. The molecule has 1 aromatic rings. The van der Waals surface area contributed by atoms with Gasteiger partial charge in [0.1, 0.15) is 5.69 Å². The first-order valence-electron chi connectivity index (χ1n) is 8.44. The van der Waals surface area contributed by atoms with Gasteiger partial charge in [-0.05, 0) is 12.1 Å². The van der Waals surface area contributed by atoms with Crippen LogP contribution in [0, 0.1) is 0 Å². The highest BCUT2D eigenvalue weighted by atomic mass is 16.5. The lowest BCUT2D eigenvalue weighted by atomic mass is 10.1. The van der Waals surface area contributed by atoms with Crippen LogP contribution < -0.4 is 0 Å². The first-order valence-corrected chi connectivity index (χ1v) is 8.44. The van der Waals surface area contributed by atoms with Gasteiger partial charge in [-0.15, -0.1) is 0 Å². The summed E-state index contributed by atoms with van der Waals surface area (Å²) in [6, 6.07) is 3.17. The number of amides is 3. The smallest absolute Gasteiger partial charge is 0.272 e. The van der Waals surface area contributed by atoms with Gasteiger partial charge in [-0.3, -0.25) is 19.4 Å². The van der Waals surface area contributed by atoms with Crippen LogP contribution in [-0.2, 0) is 9.53 Å². The number of aromatic nitrogens is 1. The van der Waals surface area contributed by atoms with E-state index in [1.54, 1.807) is 26.8 Å². The van der Waals surface area contributed by atoms with Crippen LogP contribution in [0.3, 0.4) is 0 Å². The van der Waals surface area contributed by atoms with Crippen molar-refractivity contribution in [3.63, 3.8) is 0 Å². The summed E-state index contributed by atoms with van der Waals surface area (Å²) in [7, 11) is 0. The molecule has 0 saturated carbocycles. The molecule has 3 heterocycles. The highest BCUT2D eigenvalue weighted by Crippen LogP contribution is 2.12. The SMILES string of the molecule is CC(=O)N1CCN(C(=O)c2ccnc(C(=O)N3CCOCC3)c2)CC1. The van der Waals surface area contributed by atoms with Crippen LogP contribution in [0.1, 0.15) is 27.8 Å². The van der Waals surface area contributed by atoms with Crippen LogP contribution >= 0.6 is 0 Å². The predicted octanol–water partition coefficient (Wildman–Crippen LogP) is -0.142. The van der Waals surface area contributed by atoms with Crippen LogP contribution in [0.2, 0.25) is 0 Å². The third-order valence-electron chi connectivity index (χ3n) is 4.54. The number of hydrogen-bond donors (Lipinski definition) is 0. The number of carbonyl (C=O) groups is 3. The van der Waals surface area contributed by atoms with Gasteiger partial charge in [0.05, 0.1) is 13.2 Å². The van der Waals surface area contributed by atoms with Crippen molar-refractivity contribution in [2.75, 3.05) is 52.5 Å². The molecule has 2 fully saturated rings. The average molecular weight is 346 g/mol. The lowest BCUT2D eigenvalue weighted by Gasteiger charge is -2.34. The van der Waals surface area contributed by atoms with E-state index >= 15 is 0 Å². The summed E-state index contributed by atoms with van der Waals surface area (Å²) < 4.78 is 5.25. The second-order valence-electron chi connectivity index (χ2n) is 6.13. The zero-order valence-corrected chi connectivity index (χ0v) is 14.3.